The van der Waals surface area contributed by atoms with Crippen LogP contribution in [0.3, 0.4) is 0 Å². The van der Waals surface area contributed by atoms with E-state index in [0.717, 1.165) is 30.4 Å². The fraction of sp³-hybridized carbons (Fsp3) is 0.412. The number of hydrogen-bond acceptors (Lipinski definition) is 3. The van der Waals surface area contributed by atoms with E-state index in [1.54, 1.807) is 0 Å². The van der Waals surface area contributed by atoms with Gasteiger partial charge in [-0.2, -0.15) is 0 Å². The van der Waals surface area contributed by atoms with Gasteiger partial charge in [0.25, 0.3) is 0 Å². The molecule has 0 aromatic heterocycles. The molecule has 0 N–H and O–H groups in total. The molecule has 1 aliphatic heterocycles. The van der Waals surface area contributed by atoms with Crippen LogP contribution in [0.15, 0.2) is 42.5 Å². The predicted molar refractivity (Wildman–Crippen MR) is 78.5 cm³/mol. The van der Waals surface area contributed by atoms with Gasteiger partial charge >= 0.3 is 6.09 Å². The van der Waals surface area contributed by atoms with Crippen LogP contribution < -0.4 is 0 Å². The summed E-state index contributed by atoms with van der Waals surface area (Å²) in [7, 11) is 0. The third-order valence-corrected chi connectivity index (χ3v) is 4.26. The standard InChI is InChI=1S/C17H19NO3/c1-12-6-5-9-14(10-12)16(19)18-15(11-21-17(18)20)13-7-3-2-4-8-13/h2-4,7-8,14-15H,1,5-6,9-11H2/t14?,15-/m0/s1. The molecule has 2 fully saturated rings. The van der Waals surface area contributed by atoms with Crippen molar-refractivity contribution in [3.8, 4) is 0 Å². The van der Waals surface area contributed by atoms with Gasteiger partial charge in [-0.15, -0.1) is 0 Å². The quantitative estimate of drug-likeness (QED) is 0.782. The predicted octanol–water partition coefficient (Wildman–Crippen LogP) is 3.45. The van der Waals surface area contributed by atoms with Crippen molar-refractivity contribution in [3.63, 3.8) is 0 Å². The molecular weight excluding hydrogens is 266 g/mol. The number of cyclic esters (lactones) is 1. The Balaban J connectivity index is 1.82. The minimum atomic E-state index is -0.523. The number of allylic oxidation sites excluding steroid dienone is 1. The van der Waals surface area contributed by atoms with Crippen molar-refractivity contribution < 1.29 is 14.3 Å². The van der Waals surface area contributed by atoms with Gasteiger partial charge in [-0.25, -0.2) is 9.69 Å². The van der Waals surface area contributed by atoms with Gasteiger partial charge in [0.1, 0.15) is 12.6 Å². The molecule has 2 aliphatic rings. The molecule has 1 aromatic rings. The maximum absolute atomic E-state index is 12.7. The topological polar surface area (TPSA) is 46.6 Å². The van der Waals surface area contributed by atoms with Gasteiger partial charge in [0.15, 0.2) is 0 Å². The zero-order valence-electron chi connectivity index (χ0n) is 12.0. The number of carbonyl (C=O) groups is 2. The Morgan fingerprint density at radius 3 is 2.76 bits per heavy atom. The summed E-state index contributed by atoms with van der Waals surface area (Å²) in [5.74, 6) is -0.254. The summed E-state index contributed by atoms with van der Waals surface area (Å²) in [4.78, 5) is 26.0. The summed E-state index contributed by atoms with van der Waals surface area (Å²) >= 11 is 0. The van der Waals surface area contributed by atoms with Gasteiger partial charge in [-0.3, -0.25) is 4.79 Å². The van der Waals surface area contributed by atoms with Crippen LogP contribution in [0.4, 0.5) is 4.79 Å². The second-order valence-electron chi connectivity index (χ2n) is 5.75. The normalized spacial score (nSPS) is 25.8. The van der Waals surface area contributed by atoms with E-state index in [4.69, 9.17) is 4.74 Å². The minimum Gasteiger partial charge on any atom is -0.446 e. The fourth-order valence-corrected chi connectivity index (χ4v) is 3.14. The van der Waals surface area contributed by atoms with Gasteiger partial charge < -0.3 is 4.74 Å². The molecule has 1 saturated carbocycles. The summed E-state index contributed by atoms with van der Waals surface area (Å²) in [6.45, 7) is 4.22. The van der Waals surface area contributed by atoms with Crippen molar-refractivity contribution >= 4 is 12.0 Å². The summed E-state index contributed by atoms with van der Waals surface area (Å²) < 4.78 is 5.12. The maximum atomic E-state index is 12.7. The number of amides is 2. The van der Waals surface area contributed by atoms with E-state index in [9.17, 15) is 9.59 Å². The highest BCUT2D eigenvalue weighted by atomic mass is 16.6. The number of ether oxygens (including phenoxy) is 1. The zero-order chi connectivity index (χ0) is 14.8. The highest BCUT2D eigenvalue weighted by Crippen LogP contribution is 2.34. The van der Waals surface area contributed by atoms with Crippen molar-refractivity contribution in [2.45, 2.75) is 31.7 Å². The van der Waals surface area contributed by atoms with Crippen LogP contribution >= 0.6 is 0 Å². The third kappa shape index (κ3) is 2.71. The second kappa shape index (κ2) is 5.72. The SMILES string of the molecule is C=C1CCCC(C(=O)N2C(=O)OC[C@H]2c2ccccc2)C1. The summed E-state index contributed by atoms with van der Waals surface area (Å²) in [6, 6.07) is 9.27. The van der Waals surface area contributed by atoms with E-state index < -0.39 is 6.09 Å². The Morgan fingerprint density at radius 2 is 2.05 bits per heavy atom. The lowest BCUT2D eigenvalue weighted by Crippen LogP contribution is -2.39. The molecule has 1 heterocycles. The Morgan fingerprint density at radius 1 is 1.29 bits per heavy atom. The summed E-state index contributed by atoms with van der Waals surface area (Å²) in [5, 5.41) is 0. The molecule has 2 atom stereocenters. The van der Waals surface area contributed by atoms with E-state index in [-0.39, 0.29) is 24.5 Å². The van der Waals surface area contributed by atoms with Crippen molar-refractivity contribution in [1.29, 1.82) is 0 Å². The molecule has 3 rings (SSSR count). The van der Waals surface area contributed by atoms with Crippen LogP contribution in [0.1, 0.15) is 37.3 Å². The number of nitrogens with zero attached hydrogens (tertiary/aromatic N) is 1. The molecule has 2 amide bonds. The Bertz CT molecular complexity index is 567. The van der Waals surface area contributed by atoms with Crippen molar-refractivity contribution in [1.82, 2.24) is 4.90 Å². The van der Waals surface area contributed by atoms with Gasteiger partial charge in [0.05, 0.1) is 0 Å². The molecule has 0 bridgehead atoms. The van der Waals surface area contributed by atoms with Crippen molar-refractivity contribution in [2.24, 2.45) is 5.92 Å². The molecule has 1 aliphatic carbocycles. The zero-order valence-corrected chi connectivity index (χ0v) is 12.0. The van der Waals surface area contributed by atoms with Gasteiger partial charge in [0, 0.05) is 5.92 Å². The van der Waals surface area contributed by atoms with Crippen LogP contribution in [-0.2, 0) is 9.53 Å². The molecule has 4 heteroatoms. The number of hydrogen-bond donors (Lipinski definition) is 0. The molecule has 4 nitrogen and oxygen atoms in total. The van der Waals surface area contributed by atoms with E-state index >= 15 is 0 Å². The van der Waals surface area contributed by atoms with Crippen LogP contribution in [0.5, 0.6) is 0 Å². The van der Waals surface area contributed by atoms with Gasteiger partial charge in [0.2, 0.25) is 5.91 Å². The summed E-state index contributed by atoms with van der Waals surface area (Å²) in [5.41, 5.74) is 2.04. The number of benzene rings is 1. The molecule has 21 heavy (non-hydrogen) atoms. The lowest BCUT2D eigenvalue weighted by atomic mass is 9.85. The van der Waals surface area contributed by atoms with E-state index in [1.165, 1.54) is 4.90 Å². The van der Waals surface area contributed by atoms with Gasteiger partial charge in [-0.05, 0) is 31.2 Å². The lowest BCUT2D eigenvalue weighted by Gasteiger charge is -2.28. The fourth-order valence-electron chi connectivity index (χ4n) is 3.14. The van der Waals surface area contributed by atoms with E-state index in [0.29, 0.717) is 6.42 Å². The highest BCUT2D eigenvalue weighted by Gasteiger charge is 2.41. The van der Waals surface area contributed by atoms with Crippen LogP contribution in [-0.4, -0.2) is 23.5 Å². The highest BCUT2D eigenvalue weighted by molar-refractivity contribution is 5.95. The second-order valence-corrected chi connectivity index (χ2v) is 5.75. The molecular formula is C17H19NO3. The minimum absolute atomic E-state index is 0.118. The number of imide groups is 1. The number of carbonyl (C=O) groups excluding carboxylic acids is 2. The Kier molecular flexibility index (Phi) is 3.78. The Labute approximate surface area is 124 Å². The third-order valence-electron chi connectivity index (χ3n) is 4.26. The van der Waals surface area contributed by atoms with E-state index in [2.05, 4.69) is 6.58 Å². The first-order valence-electron chi connectivity index (χ1n) is 7.38. The molecule has 0 spiro atoms. The largest absolute Gasteiger partial charge is 0.446 e. The molecule has 110 valence electrons. The Hall–Kier alpha value is -2.10. The van der Waals surface area contributed by atoms with Crippen LogP contribution in [0.25, 0.3) is 0 Å². The van der Waals surface area contributed by atoms with Crippen molar-refractivity contribution in [3.05, 3.63) is 48.0 Å². The molecule has 1 aromatic carbocycles. The van der Waals surface area contributed by atoms with E-state index in [1.807, 2.05) is 30.3 Å². The van der Waals surface area contributed by atoms with Crippen LogP contribution in [0, 0.1) is 5.92 Å². The smallest absolute Gasteiger partial charge is 0.417 e. The average Bonchev–Trinajstić information content (AvgIpc) is 2.89. The molecule has 1 saturated heterocycles. The number of rotatable bonds is 2. The molecule has 1 unspecified atom stereocenters. The summed E-state index contributed by atoms with van der Waals surface area (Å²) in [6.07, 6.45) is 2.93. The first kappa shape index (κ1) is 13.9. The average molecular weight is 285 g/mol. The lowest BCUT2D eigenvalue weighted by molar-refractivity contribution is -0.134. The van der Waals surface area contributed by atoms with Crippen molar-refractivity contribution in [2.75, 3.05) is 6.61 Å². The monoisotopic (exact) mass is 285 g/mol. The van der Waals surface area contributed by atoms with Crippen LogP contribution in [0.2, 0.25) is 0 Å². The maximum Gasteiger partial charge on any atom is 0.417 e. The first-order valence-corrected chi connectivity index (χ1v) is 7.38. The molecule has 0 radical (unpaired) electrons. The van der Waals surface area contributed by atoms with Gasteiger partial charge in [-0.1, -0.05) is 42.5 Å². The first-order chi connectivity index (χ1) is 10.2.